The Balaban J connectivity index is 4.02. The molecule has 0 atom stereocenters. The van der Waals surface area contributed by atoms with E-state index in [2.05, 4.69) is 41.2 Å². The average molecular weight is 113 g/mol. The van der Waals surface area contributed by atoms with Gasteiger partial charge >= 0.3 is 0 Å². The smallest absolute Gasteiger partial charge is 0.00326 e. The first-order valence-corrected chi connectivity index (χ1v) is 3.52. The number of rotatable bonds is 0. The molecule has 0 aromatic heterocycles. The normalized spacial score (nSPS) is 14.2. The summed E-state index contributed by atoms with van der Waals surface area (Å²) in [6.45, 7) is 13.9. The molecule has 0 aromatic rings. The zero-order valence-electron chi connectivity index (χ0n) is 7.08. The summed E-state index contributed by atoms with van der Waals surface area (Å²) in [6.07, 6.45) is -0.146. The van der Waals surface area contributed by atoms with E-state index >= 15 is 0 Å². The predicted octanol–water partition coefficient (Wildman–Crippen LogP) is 3.12. The van der Waals surface area contributed by atoms with E-state index in [9.17, 15) is 0 Å². The van der Waals surface area contributed by atoms with E-state index in [1.165, 1.54) is 0 Å². The van der Waals surface area contributed by atoms with Crippen molar-refractivity contribution < 1.29 is 0 Å². The highest BCUT2D eigenvalue weighted by Crippen LogP contribution is 2.35. The van der Waals surface area contributed by atoms with Crippen LogP contribution in [0.15, 0.2) is 0 Å². The lowest BCUT2D eigenvalue weighted by molar-refractivity contribution is 0.724. The first-order valence-electron chi connectivity index (χ1n) is 3.52. The van der Waals surface area contributed by atoms with Crippen LogP contribution in [-0.4, -0.2) is 6.15 Å². The van der Waals surface area contributed by atoms with Crippen LogP contribution in [0, 0.1) is 0 Å². The first-order chi connectivity index (χ1) is 3.25. The van der Waals surface area contributed by atoms with Crippen LogP contribution in [0.5, 0.6) is 0 Å². The third-order valence-electron chi connectivity index (χ3n) is 2.60. The Morgan fingerprint density at radius 3 is 1.00 bits per heavy atom. The van der Waals surface area contributed by atoms with Crippen LogP contribution < -0.4 is 0 Å². The quantitative estimate of drug-likeness (QED) is 0.423. The summed E-state index contributed by atoms with van der Waals surface area (Å²) in [5, 5.41) is 0.500. The van der Waals surface area contributed by atoms with E-state index in [1.807, 2.05) is 0 Å². The molecule has 0 radical (unpaired) electrons. The van der Waals surface area contributed by atoms with Crippen LogP contribution in [-0.2, 0) is 0 Å². The van der Waals surface area contributed by atoms with Crippen molar-refractivity contribution in [2.75, 3.05) is 0 Å². The van der Waals surface area contributed by atoms with Crippen molar-refractivity contribution in [3.8, 4) is 0 Å². The zero-order valence-corrected chi connectivity index (χ0v) is 7.08. The standard InChI is InChI=1S/C7H18B/c1-7(2,3)8(4,5)6/h1-6H3/q-1. The Kier molecular flexibility index (Phi) is 1.80. The number of hydrogen-bond donors (Lipinski definition) is 0. The lowest BCUT2D eigenvalue weighted by Gasteiger charge is -2.41. The van der Waals surface area contributed by atoms with Crippen molar-refractivity contribution in [3.05, 3.63) is 0 Å². The van der Waals surface area contributed by atoms with Crippen molar-refractivity contribution in [1.82, 2.24) is 0 Å². The molecule has 0 amide bonds. The zero-order chi connectivity index (χ0) is 7.00. The van der Waals surface area contributed by atoms with Crippen molar-refractivity contribution in [1.29, 1.82) is 0 Å². The molecule has 0 saturated heterocycles. The average Bonchev–Trinajstić information content (AvgIpc) is 1.25. The molecule has 8 heavy (non-hydrogen) atoms. The Labute approximate surface area is 53.6 Å². The molecule has 0 heterocycles. The van der Waals surface area contributed by atoms with Gasteiger partial charge in [-0.05, 0) is 6.15 Å². The highest BCUT2D eigenvalue weighted by molar-refractivity contribution is 6.78. The van der Waals surface area contributed by atoms with Crippen molar-refractivity contribution in [2.24, 2.45) is 0 Å². The number of hydrogen-bond acceptors (Lipinski definition) is 0. The molecule has 0 spiro atoms. The third kappa shape index (κ3) is 1.89. The molecule has 0 nitrogen and oxygen atoms in total. The van der Waals surface area contributed by atoms with Gasteiger partial charge < -0.3 is 0 Å². The fourth-order valence-corrected chi connectivity index (χ4v) is 0. The Bertz CT molecular complexity index is 59.4. The van der Waals surface area contributed by atoms with Gasteiger partial charge in [0.1, 0.15) is 0 Å². The molecule has 1 heteroatoms. The predicted molar refractivity (Wildman–Crippen MR) is 43.1 cm³/mol. The van der Waals surface area contributed by atoms with Crippen LogP contribution >= 0.6 is 0 Å². The molecule has 0 rings (SSSR count). The molecule has 0 fully saturated rings. The van der Waals surface area contributed by atoms with Crippen LogP contribution in [0.25, 0.3) is 0 Å². The van der Waals surface area contributed by atoms with Gasteiger partial charge in [0, 0.05) is 0 Å². The maximum absolute atomic E-state index is 2.33. The van der Waals surface area contributed by atoms with E-state index in [0.717, 1.165) is 0 Å². The second-order valence-electron chi connectivity index (χ2n) is 4.96. The first kappa shape index (κ1) is 8.06. The fraction of sp³-hybridized carbons (Fsp3) is 1.00. The topological polar surface area (TPSA) is 0 Å². The van der Waals surface area contributed by atoms with Crippen molar-refractivity contribution >= 4 is 6.15 Å². The molecule has 0 bridgehead atoms. The minimum absolute atomic E-state index is 0.146. The van der Waals surface area contributed by atoms with E-state index in [-0.39, 0.29) is 6.15 Å². The second kappa shape index (κ2) is 1.79. The third-order valence-corrected chi connectivity index (χ3v) is 2.60. The summed E-state index contributed by atoms with van der Waals surface area (Å²) < 4.78 is 0. The van der Waals surface area contributed by atoms with Crippen LogP contribution in [0.4, 0.5) is 0 Å². The molecular weight excluding hydrogens is 94.9 g/mol. The van der Waals surface area contributed by atoms with E-state index in [1.54, 1.807) is 0 Å². The molecule has 0 aliphatic heterocycles. The summed E-state index contributed by atoms with van der Waals surface area (Å²) in [4.78, 5) is 0. The molecule has 0 aliphatic rings. The van der Waals surface area contributed by atoms with Gasteiger partial charge in [0.05, 0.1) is 0 Å². The minimum atomic E-state index is -0.146. The van der Waals surface area contributed by atoms with Gasteiger partial charge in [0.15, 0.2) is 0 Å². The van der Waals surface area contributed by atoms with Gasteiger partial charge in [0.2, 0.25) is 0 Å². The van der Waals surface area contributed by atoms with Gasteiger partial charge in [-0.1, -0.05) is 20.8 Å². The molecule has 0 saturated carbocycles. The summed E-state index contributed by atoms with van der Waals surface area (Å²) in [6, 6.07) is 0. The highest BCUT2D eigenvalue weighted by Gasteiger charge is 2.20. The molecule has 0 aliphatic carbocycles. The second-order valence-corrected chi connectivity index (χ2v) is 4.96. The monoisotopic (exact) mass is 113 g/mol. The van der Waals surface area contributed by atoms with Gasteiger partial charge in [-0.3, -0.25) is 0 Å². The maximum Gasteiger partial charge on any atom is -0.00326 e. The summed E-state index contributed by atoms with van der Waals surface area (Å²) >= 11 is 0. The SMILES string of the molecule is C[B-](C)(C)C(C)(C)C. The van der Waals surface area contributed by atoms with Crippen molar-refractivity contribution in [2.45, 2.75) is 46.6 Å². The summed E-state index contributed by atoms with van der Waals surface area (Å²) in [7, 11) is 0. The summed E-state index contributed by atoms with van der Waals surface area (Å²) in [5.41, 5.74) is 0. The lowest BCUT2D eigenvalue weighted by atomic mass is 9.19. The largest absolute Gasteiger partial charge is 0.190 e. The van der Waals surface area contributed by atoms with Gasteiger partial charge in [0.25, 0.3) is 0 Å². The molecule has 0 unspecified atom stereocenters. The summed E-state index contributed by atoms with van der Waals surface area (Å²) in [5.74, 6) is 0. The fourth-order valence-electron chi connectivity index (χ4n) is 0. The van der Waals surface area contributed by atoms with Crippen LogP contribution in [0.3, 0.4) is 0 Å². The Morgan fingerprint density at radius 1 is 0.875 bits per heavy atom. The van der Waals surface area contributed by atoms with E-state index in [0.29, 0.717) is 5.31 Å². The van der Waals surface area contributed by atoms with E-state index < -0.39 is 0 Å². The lowest BCUT2D eigenvalue weighted by Crippen LogP contribution is -2.32. The van der Waals surface area contributed by atoms with Crippen molar-refractivity contribution in [3.63, 3.8) is 0 Å². The molecule has 0 aromatic carbocycles. The maximum atomic E-state index is 2.33. The van der Waals surface area contributed by atoms with Gasteiger partial charge in [-0.2, -0.15) is 25.8 Å². The Morgan fingerprint density at radius 2 is 1.00 bits per heavy atom. The molecule has 50 valence electrons. The Hall–Kier alpha value is 0.0649. The highest BCUT2D eigenvalue weighted by atomic mass is 14.1. The minimum Gasteiger partial charge on any atom is -0.190 e. The molecular formula is C7H18B-. The van der Waals surface area contributed by atoms with Crippen LogP contribution in [0.1, 0.15) is 20.8 Å². The van der Waals surface area contributed by atoms with Gasteiger partial charge in [-0.15, -0.1) is 0 Å². The van der Waals surface area contributed by atoms with Gasteiger partial charge in [-0.25, -0.2) is 0 Å². The molecule has 0 N–H and O–H groups in total. The van der Waals surface area contributed by atoms with Crippen LogP contribution in [0.2, 0.25) is 25.8 Å². The van der Waals surface area contributed by atoms with E-state index in [4.69, 9.17) is 0 Å².